The lowest BCUT2D eigenvalue weighted by Gasteiger charge is -2.05. The molecule has 0 atom stereocenters. The average molecular weight is 357 g/mol. The van der Waals surface area contributed by atoms with Crippen molar-refractivity contribution in [3.05, 3.63) is 47.4 Å². The van der Waals surface area contributed by atoms with Crippen LogP contribution < -0.4 is 5.32 Å². The van der Waals surface area contributed by atoms with Gasteiger partial charge in [-0.2, -0.15) is 0 Å². The van der Waals surface area contributed by atoms with Crippen molar-refractivity contribution in [3.63, 3.8) is 0 Å². The monoisotopic (exact) mass is 357 g/mol. The van der Waals surface area contributed by atoms with E-state index in [9.17, 15) is 4.79 Å². The van der Waals surface area contributed by atoms with Crippen molar-refractivity contribution in [1.82, 2.24) is 10.2 Å². The Balaban J connectivity index is 1.76. The van der Waals surface area contributed by atoms with Crippen molar-refractivity contribution >= 4 is 23.7 Å². The highest BCUT2D eigenvalue weighted by Gasteiger charge is 2.17. The van der Waals surface area contributed by atoms with E-state index in [1.54, 1.807) is 31.7 Å². The van der Waals surface area contributed by atoms with Gasteiger partial charge >= 0.3 is 6.01 Å². The molecule has 1 aromatic carbocycles. The Hall–Kier alpha value is -2.54. The molecule has 0 aliphatic carbocycles. The van der Waals surface area contributed by atoms with Gasteiger partial charge in [0.15, 0.2) is 0 Å². The zero-order chi connectivity index (χ0) is 18.0. The fourth-order valence-electron chi connectivity index (χ4n) is 2.39. The summed E-state index contributed by atoms with van der Waals surface area (Å²) in [6.07, 6.45) is 0. The van der Waals surface area contributed by atoms with Gasteiger partial charge in [0.2, 0.25) is 5.89 Å². The number of nitrogens with zero attached hydrogens (tertiary/aromatic N) is 2. The van der Waals surface area contributed by atoms with Crippen LogP contribution >= 0.6 is 11.8 Å². The minimum absolute atomic E-state index is 0.0557. The van der Waals surface area contributed by atoms with Crippen LogP contribution in [0, 0.1) is 13.8 Å². The Labute approximate surface area is 150 Å². The summed E-state index contributed by atoms with van der Waals surface area (Å²) in [7, 11) is 0. The molecule has 3 aromatic rings. The number of anilines is 1. The van der Waals surface area contributed by atoms with Crippen molar-refractivity contribution < 1.29 is 13.6 Å². The largest absolute Gasteiger partial charge is 0.466 e. The van der Waals surface area contributed by atoms with Crippen LogP contribution in [0.25, 0.3) is 11.5 Å². The number of nitrogens with one attached hydrogen (secondary N) is 1. The molecule has 0 fully saturated rings. The molecular formula is C18H19N3O3S. The molecule has 0 aliphatic rings. The number of carbonyl (C=O) groups is 1. The summed E-state index contributed by atoms with van der Waals surface area (Å²) in [6.45, 7) is 7.80. The van der Waals surface area contributed by atoms with Gasteiger partial charge in [-0.1, -0.05) is 25.0 Å². The maximum absolute atomic E-state index is 12.3. The molecule has 0 spiro atoms. The second-order valence-electron chi connectivity index (χ2n) is 5.89. The quantitative estimate of drug-likeness (QED) is 0.667. The topological polar surface area (TPSA) is 81.2 Å². The van der Waals surface area contributed by atoms with Gasteiger partial charge in [0.25, 0.3) is 5.91 Å². The molecule has 0 radical (unpaired) electrons. The van der Waals surface area contributed by atoms with Crippen molar-refractivity contribution in [2.75, 3.05) is 5.32 Å². The van der Waals surface area contributed by atoms with E-state index in [2.05, 4.69) is 29.4 Å². The van der Waals surface area contributed by atoms with Crippen LogP contribution in [0.5, 0.6) is 0 Å². The van der Waals surface area contributed by atoms with E-state index in [0.29, 0.717) is 28.2 Å². The molecule has 1 amide bonds. The van der Waals surface area contributed by atoms with Crippen molar-refractivity contribution in [3.8, 4) is 11.5 Å². The SMILES string of the molecule is Cc1cc(C(=O)Nc2nnc(-c3cccc(SC(C)C)c3)o2)c(C)o1. The van der Waals surface area contributed by atoms with Crippen LogP contribution in [0.15, 0.2) is 44.1 Å². The number of hydrogen-bond donors (Lipinski definition) is 1. The fraction of sp³-hybridized carbons (Fsp3) is 0.278. The van der Waals surface area contributed by atoms with E-state index in [4.69, 9.17) is 8.83 Å². The van der Waals surface area contributed by atoms with E-state index in [0.717, 1.165) is 10.5 Å². The Bertz CT molecular complexity index is 899. The van der Waals surface area contributed by atoms with E-state index >= 15 is 0 Å². The molecular weight excluding hydrogens is 338 g/mol. The third kappa shape index (κ3) is 4.11. The summed E-state index contributed by atoms with van der Waals surface area (Å²) in [5.41, 5.74) is 1.27. The first-order chi connectivity index (χ1) is 11.9. The summed E-state index contributed by atoms with van der Waals surface area (Å²) >= 11 is 1.76. The van der Waals surface area contributed by atoms with Crippen molar-refractivity contribution in [2.24, 2.45) is 0 Å². The first-order valence-electron chi connectivity index (χ1n) is 7.91. The van der Waals surface area contributed by atoms with Crippen LogP contribution in [0.2, 0.25) is 0 Å². The Morgan fingerprint density at radius 3 is 2.64 bits per heavy atom. The first kappa shape index (κ1) is 17.3. The molecule has 0 aliphatic heterocycles. The van der Waals surface area contributed by atoms with E-state index in [-0.39, 0.29) is 11.9 Å². The van der Waals surface area contributed by atoms with Crippen molar-refractivity contribution in [2.45, 2.75) is 37.8 Å². The number of hydrogen-bond acceptors (Lipinski definition) is 6. The van der Waals surface area contributed by atoms with Gasteiger partial charge in [0, 0.05) is 15.7 Å². The molecule has 0 saturated heterocycles. The number of aromatic nitrogens is 2. The number of furan rings is 1. The molecule has 2 heterocycles. The number of thioether (sulfide) groups is 1. The Morgan fingerprint density at radius 1 is 1.16 bits per heavy atom. The van der Waals surface area contributed by atoms with Crippen LogP contribution in [0.1, 0.15) is 35.7 Å². The molecule has 7 heteroatoms. The van der Waals surface area contributed by atoms with Gasteiger partial charge < -0.3 is 8.83 Å². The third-order valence-corrected chi connectivity index (χ3v) is 4.38. The second kappa shape index (κ2) is 7.14. The van der Waals surface area contributed by atoms with Crippen LogP contribution in [-0.2, 0) is 0 Å². The van der Waals surface area contributed by atoms with Crippen LogP contribution in [0.3, 0.4) is 0 Å². The third-order valence-electron chi connectivity index (χ3n) is 3.38. The summed E-state index contributed by atoms with van der Waals surface area (Å²) < 4.78 is 10.9. The maximum atomic E-state index is 12.3. The van der Waals surface area contributed by atoms with Crippen LogP contribution in [0.4, 0.5) is 6.01 Å². The van der Waals surface area contributed by atoms with Gasteiger partial charge in [-0.25, -0.2) is 0 Å². The van der Waals surface area contributed by atoms with E-state index in [1.807, 2.05) is 24.3 Å². The molecule has 2 aromatic heterocycles. The highest BCUT2D eigenvalue weighted by Crippen LogP contribution is 2.28. The van der Waals surface area contributed by atoms with Gasteiger partial charge in [0.05, 0.1) is 5.56 Å². The predicted octanol–water partition coefficient (Wildman–Crippen LogP) is 4.70. The molecule has 0 bridgehead atoms. The maximum Gasteiger partial charge on any atom is 0.322 e. The Morgan fingerprint density at radius 2 is 1.96 bits per heavy atom. The summed E-state index contributed by atoms with van der Waals surface area (Å²) in [5.74, 6) is 1.25. The van der Waals surface area contributed by atoms with E-state index < -0.39 is 0 Å². The summed E-state index contributed by atoms with van der Waals surface area (Å²) in [4.78, 5) is 13.4. The smallest absolute Gasteiger partial charge is 0.322 e. The van der Waals surface area contributed by atoms with Gasteiger partial charge in [-0.05, 0) is 38.1 Å². The molecule has 3 rings (SSSR count). The fourth-order valence-corrected chi connectivity index (χ4v) is 3.28. The number of carbonyl (C=O) groups excluding carboxylic acids is 1. The zero-order valence-corrected chi connectivity index (χ0v) is 15.3. The molecule has 1 N–H and O–H groups in total. The number of aryl methyl sites for hydroxylation is 2. The second-order valence-corrected chi connectivity index (χ2v) is 7.54. The number of amides is 1. The molecule has 25 heavy (non-hydrogen) atoms. The Kier molecular flexibility index (Phi) is 4.94. The average Bonchev–Trinajstić information content (AvgIpc) is 3.13. The molecule has 130 valence electrons. The lowest BCUT2D eigenvalue weighted by Crippen LogP contribution is -2.12. The van der Waals surface area contributed by atoms with Gasteiger partial charge in [-0.3, -0.25) is 10.1 Å². The number of rotatable bonds is 5. The van der Waals surface area contributed by atoms with Crippen LogP contribution in [-0.4, -0.2) is 21.4 Å². The van der Waals surface area contributed by atoms with E-state index in [1.165, 1.54) is 0 Å². The lowest BCUT2D eigenvalue weighted by atomic mass is 10.2. The molecule has 0 unspecified atom stereocenters. The van der Waals surface area contributed by atoms with Gasteiger partial charge in [0.1, 0.15) is 11.5 Å². The highest BCUT2D eigenvalue weighted by atomic mass is 32.2. The minimum atomic E-state index is -0.339. The van der Waals surface area contributed by atoms with Gasteiger partial charge in [-0.15, -0.1) is 16.9 Å². The first-order valence-corrected chi connectivity index (χ1v) is 8.79. The minimum Gasteiger partial charge on any atom is -0.466 e. The number of benzene rings is 1. The summed E-state index contributed by atoms with van der Waals surface area (Å²) in [5, 5.41) is 11.0. The molecule has 0 saturated carbocycles. The highest BCUT2D eigenvalue weighted by molar-refractivity contribution is 7.99. The predicted molar refractivity (Wildman–Crippen MR) is 96.9 cm³/mol. The zero-order valence-electron chi connectivity index (χ0n) is 14.5. The standard InChI is InChI=1S/C18H19N3O3S/c1-10(2)25-14-7-5-6-13(9-14)17-20-21-18(24-17)19-16(22)15-8-11(3)23-12(15)4/h5-10H,1-4H3,(H,19,21,22). The van der Waals surface area contributed by atoms with Crippen molar-refractivity contribution in [1.29, 1.82) is 0 Å². The normalized spacial score (nSPS) is 11.1. The molecule has 6 nitrogen and oxygen atoms in total. The summed E-state index contributed by atoms with van der Waals surface area (Å²) in [6, 6.07) is 9.60. The lowest BCUT2D eigenvalue weighted by molar-refractivity contribution is 0.102.